The molecular formula is C30H35F7N6O3. The highest BCUT2D eigenvalue weighted by Gasteiger charge is 2.49. The lowest BCUT2D eigenvalue weighted by molar-refractivity contribution is -0.136. The van der Waals surface area contributed by atoms with Crippen LogP contribution in [-0.2, 0) is 11.0 Å². The van der Waals surface area contributed by atoms with Crippen molar-refractivity contribution >= 4 is 23.4 Å². The third-order valence-corrected chi connectivity index (χ3v) is 9.01. The molecule has 0 unspecified atom stereocenters. The van der Waals surface area contributed by atoms with Crippen LogP contribution in [-0.4, -0.2) is 87.2 Å². The number of benzene rings is 1. The number of nitrogens with one attached hydrogen (secondary N) is 2. The average molecular weight is 661 g/mol. The van der Waals surface area contributed by atoms with Gasteiger partial charge >= 0.3 is 12.2 Å². The number of nitrogens with zero attached hydrogens (tertiary/aromatic N) is 4. The maximum atomic E-state index is 15.4. The number of piperazine rings is 1. The van der Waals surface area contributed by atoms with Crippen molar-refractivity contribution in [1.29, 1.82) is 0 Å². The number of hydrogen-bond acceptors (Lipinski definition) is 6. The lowest BCUT2D eigenvalue weighted by Gasteiger charge is -2.36. The summed E-state index contributed by atoms with van der Waals surface area (Å²) < 4.78 is 106. The van der Waals surface area contributed by atoms with E-state index < -0.39 is 83.6 Å². The molecule has 252 valence electrons. The van der Waals surface area contributed by atoms with Gasteiger partial charge in [-0.25, -0.2) is 27.3 Å². The summed E-state index contributed by atoms with van der Waals surface area (Å²) in [7, 11) is 3.04. The average Bonchev–Trinajstić information content (AvgIpc) is 3.31. The number of alkyl halides is 5. The standard InChI is InChI=1S/C30H35F7N6O3/c1-41-9-11-42(12-10-41)22-7-8-38-27(24(22)30(35,36)37)43-15-19(23-20(31)13-18(46-2)14-21(23)32)25(28(43)44)40-29(45)39-17-5-3-16(4-6-17)26(33)34/h7-8,13-14,16-17,19,25-26H,3-6,9-12,15H2,1-2H3,(H2,39,40,45)/t16?,17?,19-,25-/m0/s1. The summed E-state index contributed by atoms with van der Waals surface area (Å²) in [5.41, 5.74) is -1.99. The fourth-order valence-corrected chi connectivity index (χ4v) is 6.49. The largest absolute Gasteiger partial charge is 0.497 e. The molecule has 1 aromatic heterocycles. The number of halogens is 7. The molecule has 2 N–H and O–H groups in total. The van der Waals surface area contributed by atoms with Gasteiger partial charge in [0.15, 0.2) is 0 Å². The molecule has 46 heavy (non-hydrogen) atoms. The number of hydrogen-bond donors (Lipinski definition) is 2. The van der Waals surface area contributed by atoms with Gasteiger partial charge in [-0.15, -0.1) is 0 Å². The van der Waals surface area contributed by atoms with Gasteiger partial charge in [0.05, 0.1) is 12.8 Å². The molecule has 1 saturated carbocycles. The number of amides is 3. The first kappa shape index (κ1) is 33.5. The first-order valence-corrected chi connectivity index (χ1v) is 15.0. The number of urea groups is 1. The Morgan fingerprint density at radius 1 is 1.02 bits per heavy atom. The number of methoxy groups -OCH3 is 1. The number of likely N-dealkylation sites (N-methyl/N-ethyl adjacent to an activating group) is 1. The summed E-state index contributed by atoms with van der Waals surface area (Å²) in [5.74, 6) is -6.47. The molecular weight excluding hydrogens is 625 g/mol. The number of carbonyl (C=O) groups is 2. The van der Waals surface area contributed by atoms with Crippen LogP contribution in [0.5, 0.6) is 5.75 Å². The highest BCUT2D eigenvalue weighted by atomic mass is 19.4. The number of carbonyl (C=O) groups excluding carboxylic acids is 2. The van der Waals surface area contributed by atoms with E-state index in [-0.39, 0.29) is 50.2 Å². The lowest BCUT2D eigenvalue weighted by Crippen LogP contribution is -2.51. The molecule has 2 aromatic rings. The Morgan fingerprint density at radius 2 is 1.65 bits per heavy atom. The monoisotopic (exact) mass is 660 g/mol. The fraction of sp³-hybridized carbons (Fsp3) is 0.567. The molecule has 9 nitrogen and oxygen atoms in total. The zero-order valence-corrected chi connectivity index (χ0v) is 25.2. The van der Waals surface area contributed by atoms with Gasteiger partial charge in [0.1, 0.15) is 34.8 Å². The predicted molar refractivity (Wildman–Crippen MR) is 154 cm³/mol. The third kappa shape index (κ3) is 6.95. The molecule has 3 aliphatic rings. The first-order chi connectivity index (χ1) is 21.8. The summed E-state index contributed by atoms with van der Waals surface area (Å²) in [4.78, 5) is 35.1. The molecule has 3 fully saturated rings. The van der Waals surface area contributed by atoms with Crippen molar-refractivity contribution in [3.8, 4) is 5.75 Å². The Bertz CT molecular complexity index is 1410. The molecule has 0 radical (unpaired) electrons. The molecule has 5 rings (SSSR count). The molecule has 16 heteroatoms. The van der Waals surface area contributed by atoms with Gasteiger partial charge in [0.25, 0.3) is 5.91 Å². The van der Waals surface area contributed by atoms with Crippen LogP contribution in [0.1, 0.15) is 42.7 Å². The minimum Gasteiger partial charge on any atom is -0.497 e. The third-order valence-electron chi connectivity index (χ3n) is 9.01. The second kappa shape index (κ2) is 13.5. The number of anilines is 2. The summed E-state index contributed by atoms with van der Waals surface area (Å²) in [6.45, 7) is 0.934. The van der Waals surface area contributed by atoms with E-state index in [9.17, 15) is 31.5 Å². The van der Waals surface area contributed by atoms with Crippen molar-refractivity contribution in [2.75, 3.05) is 56.7 Å². The lowest BCUT2D eigenvalue weighted by atomic mass is 9.86. The van der Waals surface area contributed by atoms with E-state index in [1.807, 2.05) is 11.9 Å². The van der Waals surface area contributed by atoms with Crippen LogP contribution in [0.3, 0.4) is 0 Å². The van der Waals surface area contributed by atoms with Crippen LogP contribution >= 0.6 is 0 Å². The Balaban J connectivity index is 1.49. The normalized spacial score (nSPS) is 24.4. The number of rotatable bonds is 7. The Kier molecular flexibility index (Phi) is 9.84. The first-order valence-electron chi connectivity index (χ1n) is 15.0. The van der Waals surface area contributed by atoms with Crippen molar-refractivity contribution in [3.63, 3.8) is 0 Å². The molecule has 1 aromatic carbocycles. The van der Waals surface area contributed by atoms with Gasteiger partial charge in [0, 0.05) is 74.5 Å². The Labute approximate surface area is 261 Å². The quantitative estimate of drug-likeness (QED) is 0.417. The molecule has 0 spiro atoms. The smallest absolute Gasteiger partial charge is 0.421 e. The van der Waals surface area contributed by atoms with Crippen LogP contribution in [0.4, 0.5) is 47.0 Å². The van der Waals surface area contributed by atoms with E-state index in [1.165, 1.54) is 13.2 Å². The summed E-state index contributed by atoms with van der Waals surface area (Å²) in [6.07, 6.45) is -5.49. The second-order valence-electron chi connectivity index (χ2n) is 11.9. The van der Waals surface area contributed by atoms with Crippen LogP contribution in [0, 0.1) is 17.6 Å². The molecule has 2 aliphatic heterocycles. The van der Waals surface area contributed by atoms with Crippen LogP contribution in [0.25, 0.3) is 0 Å². The van der Waals surface area contributed by atoms with Gasteiger partial charge in [-0.3, -0.25) is 9.69 Å². The molecule has 3 heterocycles. The highest BCUT2D eigenvalue weighted by Crippen LogP contribution is 2.45. The van der Waals surface area contributed by atoms with E-state index in [0.717, 1.165) is 18.3 Å². The van der Waals surface area contributed by atoms with Crippen molar-refractivity contribution in [3.05, 3.63) is 47.2 Å². The van der Waals surface area contributed by atoms with E-state index in [1.54, 1.807) is 4.90 Å². The van der Waals surface area contributed by atoms with Gasteiger partial charge in [-0.2, -0.15) is 13.2 Å². The zero-order valence-electron chi connectivity index (χ0n) is 25.2. The van der Waals surface area contributed by atoms with Crippen molar-refractivity contribution in [1.82, 2.24) is 20.5 Å². The summed E-state index contributed by atoms with van der Waals surface area (Å²) in [5, 5.41) is 5.02. The molecule has 0 bridgehead atoms. The fourth-order valence-electron chi connectivity index (χ4n) is 6.49. The highest BCUT2D eigenvalue weighted by molar-refractivity contribution is 6.03. The Morgan fingerprint density at radius 3 is 2.22 bits per heavy atom. The van der Waals surface area contributed by atoms with Crippen molar-refractivity contribution in [2.24, 2.45) is 5.92 Å². The maximum Gasteiger partial charge on any atom is 0.421 e. The van der Waals surface area contributed by atoms with Gasteiger partial charge in [-0.1, -0.05) is 0 Å². The van der Waals surface area contributed by atoms with Crippen LogP contribution in [0.2, 0.25) is 0 Å². The van der Waals surface area contributed by atoms with E-state index in [4.69, 9.17) is 4.74 Å². The molecule has 2 atom stereocenters. The molecule has 3 amide bonds. The number of pyridine rings is 1. The summed E-state index contributed by atoms with van der Waals surface area (Å²) in [6, 6.07) is -0.158. The second-order valence-corrected chi connectivity index (χ2v) is 11.9. The van der Waals surface area contributed by atoms with E-state index in [2.05, 4.69) is 15.6 Å². The topological polar surface area (TPSA) is 90.0 Å². The van der Waals surface area contributed by atoms with Crippen LogP contribution < -0.4 is 25.2 Å². The minimum atomic E-state index is -4.96. The van der Waals surface area contributed by atoms with Gasteiger partial charge in [0.2, 0.25) is 6.43 Å². The Hall–Kier alpha value is -3.82. The maximum absolute atomic E-state index is 15.4. The number of ether oxygens (including phenoxy) is 1. The number of aromatic nitrogens is 1. The molecule has 2 saturated heterocycles. The SMILES string of the molecule is COc1cc(F)c([C@@H]2CN(c3nccc(N4CCN(C)CC4)c3C(F)(F)F)C(=O)[C@H]2NC(=O)NC2CCC(C(F)F)CC2)c(F)c1. The molecule has 1 aliphatic carbocycles. The predicted octanol–water partition coefficient (Wildman–Crippen LogP) is 4.76. The van der Waals surface area contributed by atoms with Gasteiger partial charge in [-0.05, 0) is 38.8 Å². The van der Waals surface area contributed by atoms with E-state index >= 15 is 8.78 Å². The zero-order chi connectivity index (χ0) is 33.3. The minimum absolute atomic E-state index is 0.164. The van der Waals surface area contributed by atoms with E-state index in [0.29, 0.717) is 18.0 Å². The van der Waals surface area contributed by atoms with Crippen LogP contribution in [0.15, 0.2) is 24.4 Å². The summed E-state index contributed by atoms with van der Waals surface area (Å²) >= 11 is 0. The van der Waals surface area contributed by atoms with Crippen molar-refractivity contribution in [2.45, 2.75) is 56.3 Å². The van der Waals surface area contributed by atoms with Crippen molar-refractivity contribution < 1.29 is 45.1 Å². The van der Waals surface area contributed by atoms with Gasteiger partial charge < -0.3 is 25.2 Å².